The fourth-order valence-electron chi connectivity index (χ4n) is 2.07. The summed E-state index contributed by atoms with van der Waals surface area (Å²) in [6, 6.07) is 7.08. The van der Waals surface area contributed by atoms with Crippen molar-refractivity contribution in [2.75, 3.05) is 7.11 Å². The molecule has 2 N–H and O–H groups in total. The second-order valence-corrected chi connectivity index (χ2v) is 4.24. The highest BCUT2D eigenvalue weighted by atomic mass is 16.5. The standard InChI is InChI=1S/C14H13N3O3/c1-19-13-10(4-5-12-11(13)8-16-17-12)14(18)15-7-9-3-2-6-20-9/h2-6,8H,7H2,1H3,(H,15,18)(H,16,17). The summed E-state index contributed by atoms with van der Waals surface area (Å²) >= 11 is 0. The average molecular weight is 271 g/mol. The van der Waals surface area contributed by atoms with E-state index in [1.807, 2.05) is 0 Å². The Morgan fingerprint density at radius 2 is 2.35 bits per heavy atom. The van der Waals surface area contributed by atoms with E-state index in [9.17, 15) is 4.79 Å². The van der Waals surface area contributed by atoms with Crippen LogP contribution in [-0.4, -0.2) is 23.2 Å². The number of nitrogens with one attached hydrogen (secondary N) is 2. The molecule has 6 heteroatoms. The van der Waals surface area contributed by atoms with Crippen LogP contribution in [0.15, 0.2) is 41.1 Å². The first kappa shape index (κ1) is 12.3. The second kappa shape index (κ2) is 5.08. The minimum atomic E-state index is -0.221. The van der Waals surface area contributed by atoms with Gasteiger partial charge in [-0.3, -0.25) is 9.89 Å². The zero-order valence-corrected chi connectivity index (χ0v) is 10.8. The first-order valence-corrected chi connectivity index (χ1v) is 6.10. The van der Waals surface area contributed by atoms with Crippen molar-refractivity contribution in [1.29, 1.82) is 0 Å². The number of nitrogens with zero attached hydrogens (tertiary/aromatic N) is 1. The monoisotopic (exact) mass is 271 g/mol. The lowest BCUT2D eigenvalue weighted by molar-refractivity contribution is 0.0945. The maximum absolute atomic E-state index is 12.2. The number of ether oxygens (including phenoxy) is 1. The first-order chi connectivity index (χ1) is 9.79. The maximum atomic E-state index is 12.2. The molecule has 0 unspecified atom stereocenters. The van der Waals surface area contributed by atoms with Crippen molar-refractivity contribution in [2.45, 2.75) is 6.54 Å². The van der Waals surface area contributed by atoms with Gasteiger partial charge in [-0.2, -0.15) is 5.10 Å². The number of amides is 1. The van der Waals surface area contributed by atoms with Gasteiger partial charge in [-0.1, -0.05) is 0 Å². The van der Waals surface area contributed by atoms with Crippen molar-refractivity contribution in [3.8, 4) is 5.75 Å². The summed E-state index contributed by atoms with van der Waals surface area (Å²) in [6.45, 7) is 0.332. The van der Waals surface area contributed by atoms with Gasteiger partial charge >= 0.3 is 0 Å². The number of carbonyl (C=O) groups excluding carboxylic acids is 1. The Morgan fingerprint density at radius 1 is 1.45 bits per heavy atom. The van der Waals surface area contributed by atoms with E-state index in [0.717, 1.165) is 10.9 Å². The van der Waals surface area contributed by atoms with E-state index < -0.39 is 0 Å². The van der Waals surface area contributed by atoms with Gasteiger partial charge in [0.25, 0.3) is 5.91 Å². The number of furan rings is 1. The summed E-state index contributed by atoms with van der Waals surface area (Å²) in [6.07, 6.45) is 3.21. The van der Waals surface area contributed by atoms with Gasteiger partial charge in [0.2, 0.25) is 0 Å². The third-order valence-electron chi connectivity index (χ3n) is 3.03. The molecule has 2 heterocycles. The Labute approximate surface area is 114 Å². The van der Waals surface area contributed by atoms with Crippen LogP contribution in [-0.2, 0) is 6.54 Å². The molecule has 3 rings (SSSR count). The summed E-state index contributed by atoms with van der Waals surface area (Å²) in [5.74, 6) is 0.983. The van der Waals surface area contributed by atoms with Gasteiger partial charge in [0, 0.05) is 0 Å². The first-order valence-electron chi connectivity index (χ1n) is 6.10. The van der Waals surface area contributed by atoms with Crippen LogP contribution in [0.3, 0.4) is 0 Å². The number of carbonyl (C=O) groups is 1. The molecule has 0 saturated carbocycles. The van der Waals surface area contributed by atoms with Gasteiger partial charge in [0.15, 0.2) is 0 Å². The third-order valence-corrected chi connectivity index (χ3v) is 3.03. The summed E-state index contributed by atoms with van der Waals surface area (Å²) in [7, 11) is 1.53. The zero-order valence-electron chi connectivity index (χ0n) is 10.8. The number of aromatic amines is 1. The van der Waals surface area contributed by atoms with E-state index in [1.165, 1.54) is 7.11 Å². The van der Waals surface area contributed by atoms with Gasteiger partial charge in [-0.25, -0.2) is 0 Å². The Bertz CT molecular complexity index is 731. The van der Waals surface area contributed by atoms with E-state index in [0.29, 0.717) is 23.6 Å². The Balaban J connectivity index is 1.86. The molecular formula is C14H13N3O3. The predicted molar refractivity (Wildman–Crippen MR) is 72.5 cm³/mol. The van der Waals surface area contributed by atoms with E-state index >= 15 is 0 Å². The van der Waals surface area contributed by atoms with Crippen molar-refractivity contribution >= 4 is 16.8 Å². The summed E-state index contributed by atoms with van der Waals surface area (Å²) in [5, 5.41) is 10.3. The van der Waals surface area contributed by atoms with Crippen LogP contribution in [0.25, 0.3) is 10.9 Å². The minimum Gasteiger partial charge on any atom is -0.495 e. The van der Waals surface area contributed by atoms with Gasteiger partial charge in [-0.05, 0) is 24.3 Å². The molecule has 1 aromatic carbocycles. The van der Waals surface area contributed by atoms with Crippen LogP contribution in [0.2, 0.25) is 0 Å². The maximum Gasteiger partial charge on any atom is 0.255 e. The Kier molecular flexibility index (Phi) is 3.12. The molecule has 3 aromatic rings. The second-order valence-electron chi connectivity index (χ2n) is 4.24. The molecule has 0 fully saturated rings. The van der Waals surface area contributed by atoms with Crippen LogP contribution in [0.1, 0.15) is 16.1 Å². The van der Waals surface area contributed by atoms with E-state index in [-0.39, 0.29) is 5.91 Å². The Hall–Kier alpha value is -2.76. The molecule has 0 aliphatic carbocycles. The number of H-pyrrole nitrogens is 1. The molecule has 102 valence electrons. The van der Waals surface area contributed by atoms with Gasteiger partial charge in [0.1, 0.15) is 11.5 Å². The van der Waals surface area contributed by atoms with Crippen molar-refractivity contribution < 1.29 is 13.9 Å². The van der Waals surface area contributed by atoms with E-state index in [4.69, 9.17) is 9.15 Å². The number of aromatic nitrogens is 2. The molecule has 6 nitrogen and oxygen atoms in total. The summed E-state index contributed by atoms with van der Waals surface area (Å²) in [5.41, 5.74) is 1.29. The van der Waals surface area contributed by atoms with E-state index in [1.54, 1.807) is 36.7 Å². The lowest BCUT2D eigenvalue weighted by atomic mass is 10.1. The predicted octanol–water partition coefficient (Wildman–Crippen LogP) is 2.09. The van der Waals surface area contributed by atoms with Crippen LogP contribution < -0.4 is 10.1 Å². The van der Waals surface area contributed by atoms with Crippen molar-refractivity contribution in [1.82, 2.24) is 15.5 Å². The van der Waals surface area contributed by atoms with Crippen molar-refractivity contribution in [2.24, 2.45) is 0 Å². The number of hydrogen-bond donors (Lipinski definition) is 2. The lowest BCUT2D eigenvalue weighted by Crippen LogP contribution is -2.23. The van der Waals surface area contributed by atoms with E-state index in [2.05, 4.69) is 15.5 Å². The van der Waals surface area contributed by atoms with Crippen molar-refractivity contribution in [3.63, 3.8) is 0 Å². The number of benzene rings is 1. The Morgan fingerprint density at radius 3 is 3.10 bits per heavy atom. The fourth-order valence-corrected chi connectivity index (χ4v) is 2.07. The van der Waals surface area contributed by atoms with Gasteiger partial charge < -0.3 is 14.5 Å². The molecule has 0 atom stereocenters. The normalized spacial score (nSPS) is 10.7. The fraction of sp³-hybridized carbons (Fsp3) is 0.143. The van der Waals surface area contributed by atoms with Gasteiger partial charge in [0.05, 0.1) is 42.6 Å². The molecule has 0 radical (unpaired) electrons. The quantitative estimate of drug-likeness (QED) is 0.761. The number of methoxy groups -OCH3 is 1. The topological polar surface area (TPSA) is 80.1 Å². The largest absolute Gasteiger partial charge is 0.495 e. The average Bonchev–Trinajstić information content (AvgIpc) is 3.14. The third kappa shape index (κ3) is 2.11. The van der Waals surface area contributed by atoms with Crippen LogP contribution in [0.5, 0.6) is 5.75 Å². The van der Waals surface area contributed by atoms with Crippen LogP contribution >= 0.6 is 0 Å². The number of rotatable bonds is 4. The molecular weight excluding hydrogens is 258 g/mol. The van der Waals surface area contributed by atoms with Gasteiger partial charge in [-0.15, -0.1) is 0 Å². The number of hydrogen-bond acceptors (Lipinski definition) is 4. The molecule has 0 aliphatic heterocycles. The van der Waals surface area contributed by atoms with Crippen molar-refractivity contribution in [3.05, 3.63) is 48.0 Å². The number of fused-ring (bicyclic) bond motifs is 1. The molecule has 1 amide bonds. The summed E-state index contributed by atoms with van der Waals surface area (Å²) < 4.78 is 10.5. The smallest absolute Gasteiger partial charge is 0.255 e. The molecule has 0 saturated heterocycles. The molecule has 0 aliphatic rings. The zero-order chi connectivity index (χ0) is 13.9. The highest BCUT2D eigenvalue weighted by Crippen LogP contribution is 2.28. The minimum absolute atomic E-state index is 0.221. The molecule has 0 bridgehead atoms. The molecule has 2 aromatic heterocycles. The highest BCUT2D eigenvalue weighted by molar-refractivity contribution is 6.02. The highest BCUT2D eigenvalue weighted by Gasteiger charge is 2.16. The van der Waals surface area contributed by atoms with Crippen LogP contribution in [0, 0.1) is 0 Å². The SMILES string of the molecule is COc1c(C(=O)NCc2ccco2)ccc2[nH]ncc12. The lowest BCUT2D eigenvalue weighted by Gasteiger charge is -2.09. The molecule has 0 spiro atoms. The molecule has 20 heavy (non-hydrogen) atoms. The van der Waals surface area contributed by atoms with Crippen LogP contribution in [0.4, 0.5) is 0 Å². The summed E-state index contributed by atoms with van der Waals surface area (Å²) in [4.78, 5) is 12.2.